The lowest BCUT2D eigenvalue weighted by Gasteiger charge is -2.38. The highest BCUT2D eigenvalue weighted by Crippen LogP contribution is 2.32. The van der Waals surface area contributed by atoms with Crippen molar-refractivity contribution in [2.75, 3.05) is 31.5 Å². The Morgan fingerprint density at radius 2 is 1.91 bits per heavy atom. The van der Waals surface area contributed by atoms with E-state index in [1.165, 1.54) is 5.56 Å². The first-order chi connectivity index (χ1) is 17.1. The van der Waals surface area contributed by atoms with Crippen molar-refractivity contribution in [2.24, 2.45) is 5.92 Å². The van der Waals surface area contributed by atoms with Gasteiger partial charge in [0, 0.05) is 56.1 Å². The number of pyridine rings is 1. The number of fused-ring (bicyclic) bond motifs is 1. The van der Waals surface area contributed by atoms with E-state index in [9.17, 15) is 4.79 Å². The topological polar surface area (TPSA) is 103 Å². The second kappa shape index (κ2) is 9.07. The van der Waals surface area contributed by atoms with Crippen LogP contribution in [0.25, 0.3) is 22.3 Å². The number of carbonyl (C=O) groups is 1. The average Bonchev–Trinajstić information content (AvgIpc) is 3.68. The summed E-state index contributed by atoms with van der Waals surface area (Å²) in [5, 5.41) is 3.32. The molecule has 4 aromatic rings. The average molecular weight is 469 g/mol. The van der Waals surface area contributed by atoms with Crippen molar-refractivity contribution in [1.82, 2.24) is 34.7 Å². The van der Waals surface area contributed by atoms with Crippen LogP contribution in [0.2, 0.25) is 0 Å². The smallest absolute Gasteiger partial charge is 0.225 e. The lowest BCUT2D eigenvalue weighted by molar-refractivity contribution is -0.134. The molecule has 0 unspecified atom stereocenters. The molecule has 0 bridgehead atoms. The van der Waals surface area contributed by atoms with E-state index in [1.807, 2.05) is 35.4 Å². The number of aromatic nitrogens is 5. The molecule has 35 heavy (non-hydrogen) atoms. The van der Waals surface area contributed by atoms with Crippen LogP contribution in [-0.4, -0.2) is 66.8 Å². The van der Waals surface area contributed by atoms with Gasteiger partial charge in [0.15, 0.2) is 0 Å². The molecule has 1 saturated heterocycles. The van der Waals surface area contributed by atoms with Crippen molar-refractivity contribution < 1.29 is 4.79 Å². The first-order valence-corrected chi connectivity index (χ1v) is 12.2. The fourth-order valence-corrected chi connectivity index (χ4v) is 4.71. The van der Waals surface area contributed by atoms with Gasteiger partial charge in [0.05, 0.1) is 16.7 Å². The monoisotopic (exact) mass is 468 g/mol. The molecule has 1 aliphatic carbocycles. The van der Waals surface area contributed by atoms with Crippen molar-refractivity contribution in [3.63, 3.8) is 0 Å². The van der Waals surface area contributed by atoms with Crippen LogP contribution >= 0.6 is 0 Å². The highest BCUT2D eigenvalue weighted by Gasteiger charge is 2.35. The number of piperazine rings is 1. The van der Waals surface area contributed by atoms with E-state index < -0.39 is 0 Å². The number of carbonyl (C=O) groups excluding carboxylic acids is 1. The zero-order valence-electron chi connectivity index (χ0n) is 19.7. The van der Waals surface area contributed by atoms with E-state index in [1.54, 1.807) is 12.5 Å². The van der Waals surface area contributed by atoms with Crippen molar-refractivity contribution in [2.45, 2.75) is 25.8 Å². The molecule has 178 valence electrons. The number of benzene rings is 1. The van der Waals surface area contributed by atoms with Gasteiger partial charge in [-0.15, -0.1) is 0 Å². The van der Waals surface area contributed by atoms with Crippen LogP contribution in [-0.2, 0) is 4.79 Å². The Morgan fingerprint density at radius 3 is 2.69 bits per heavy atom. The Balaban J connectivity index is 1.14. The number of hydrogen-bond acceptors (Lipinski definition) is 7. The number of H-pyrrole nitrogens is 1. The van der Waals surface area contributed by atoms with Gasteiger partial charge in [0.2, 0.25) is 11.9 Å². The molecule has 1 saturated carbocycles. The summed E-state index contributed by atoms with van der Waals surface area (Å²) in [5.41, 5.74) is 4.85. The van der Waals surface area contributed by atoms with Gasteiger partial charge in [-0.3, -0.25) is 9.69 Å². The molecule has 9 nitrogen and oxygen atoms in total. The molecular formula is C26H28N8O. The van der Waals surface area contributed by atoms with Gasteiger partial charge in [-0.1, -0.05) is 6.07 Å². The molecule has 6 rings (SSSR count). The third-order valence-corrected chi connectivity index (χ3v) is 6.97. The number of hydrogen-bond donors (Lipinski definition) is 2. The number of nitrogens with one attached hydrogen (secondary N) is 2. The number of anilines is 2. The van der Waals surface area contributed by atoms with Crippen molar-refractivity contribution >= 4 is 28.7 Å². The van der Waals surface area contributed by atoms with Gasteiger partial charge in [0.1, 0.15) is 12.1 Å². The van der Waals surface area contributed by atoms with Crippen LogP contribution in [0.3, 0.4) is 0 Å². The van der Waals surface area contributed by atoms with Gasteiger partial charge in [-0.05, 0) is 55.7 Å². The first kappa shape index (κ1) is 21.7. The second-order valence-corrected chi connectivity index (χ2v) is 9.32. The molecule has 3 aromatic heterocycles. The largest absolute Gasteiger partial charge is 0.340 e. The highest BCUT2D eigenvalue weighted by molar-refractivity contribution is 5.83. The third-order valence-electron chi connectivity index (χ3n) is 6.97. The van der Waals surface area contributed by atoms with E-state index >= 15 is 0 Å². The number of nitrogens with zero attached hydrogens (tertiary/aromatic N) is 6. The zero-order chi connectivity index (χ0) is 23.8. The van der Waals surface area contributed by atoms with Gasteiger partial charge < -0.3 is 15.2 Å². The maximum atomic E-state index is 12.4. The minimum absolute atomic E-state index is 0.239. The molecule has 0 radical (unpaired) electrons. The minimum Gasteiger partial charge on any atom is -0.340 e. The summed E-state index contributed by atoms with van der Waals surface area (Å²) in [6.07, 6.45) is 7.25. The van der Waals surface area contributed by atoms with Crippen molar-refractivity contribution in [3.8, 4) is 11.3 Å². The van der Waals surface area contributed by atoms with Crippen molar-refractivity contribution in [1.29, 1.82) is 0 Å². The molecule has 1 aliphatic heterocycles. The number of imidazole rings is 1. The van der Waals surface area contributed by atoms with Gasteiger partial charge in [-0.25, -0.2) is 19.9 Å². The molecule has 0 spiro atoms. The molecule has 1 aromatic carbocycles. The number of rotatable bonds is 6. The van der Waals surface area contributed by atoms with Crippen LogP contribution < -0.4 is 5.32 Å². The summed E-state index contributed by atoms with van der Waals surface area (Å²) in [7, 11) is 0. The molecule has 1 atom stereocenters. The Kier molecular flexibility index (Phi) is 5.61. The van der Waals surface area contributed by atoms with Gasteiger partial charge >= 0.3 is 0 Å². The first-order valence-electron chi connectivity index (χ1n) is 12.2. The Hall–Kier alpha value is -3.85. The molecule has 1 amide bonds. The van der Waals surface area contributed by atoms with Crippen LogP contribution in [0, 0.1) is 5.92 Å². The van der Waals surface area contributed by atoms with E-state index in [0.29, 0.717) is 17.8 Å². The van der Waals surface area contributed by atoms with Gasteiger partial charge in [0.25, 0.3) is 0 Å². The van der Waals surface area contributed by atoms with Gasteiger partial charge in [-0.2, -0.15) is 0 Å². The summed E-state index contributed by atoms with van der Waals surface area (Å²) in [4.78, 5) is 37.6. The third kappa shape index (κ3) is 4.59. The fraction of sp³-hybridized carbons (Fsp3) is 0.346. The maximum absolute atomic E-state index is 12.4. The number of amides is 1. The Labute approximate surface area is 203 Å². The molecule has 9 heteroatoms. The predicted octanol–water partition coefficient (Wildman–Crippen LogP) is 3.77. The van der Waals surface area contributed by atoms with E-state index in [2.05, 4.69) is 54.2 Å². The highest BCUT2D eigenvalue weighted by atomic mass is 16.2. The second-order valence-electron chi connectivity index (χ2n) is 9.32. The Bertz CT molecular complexity index is 1340. The molecular weight excluding hydrogens is 440 g/mol. The predicted molar refractivity (Wildman–Crippen MR) is 134 cm³/mol. The van der Waals surface area contributed by atoms with E-state index in [4.69, 9.17) is 0 Å². The minimum atomic E-state index is 0.239. The normalized spacial score (nSPS) is 17.5. The zero-order valence-corrected chi connectivity index (χ0v) is 19.7. The molecule has 4 heterocycles. The molecule has 2 aliphatic rings. The quantitative estimate of drug-likeness (QED) is 0.444. The van der Waals surface area contributed by atoms with E-state index in [-0.39, 0.29) is 6.04 Å². The maximum Gasteiger partial charge on any atom is 0.225 e. The van der Waals surface area contributed by atoms with E-state index in [0.717, 1.165) is 67.1 Å². The standard InChI is InChI=1S/C26H28N8O/c1-17(33-10-12-34(13-11-33)25(35)18-2-3-18)19-6-9-28-24(15-19)32-26-30-22-5-4-20(14-23(22)31-26)21-7-8-27-16-29-21/h4-9,14-18H,2-3,10-13H2,1H3,(H2,28,30,31,32)/t17-/m0/s1. The Morgan fingerprint density at radius 1 is 1.06 bits per heavy atom. The molecule has 2 N–H and O–H groups in total. The lowest BCUT2D eigenvalue weighted by Crippen LogP contribution is -2.49. The summed E-state index contributed by atoms with van der Waals surface area (Å²) in [6, 6.07) is 12.3. The summed E-state index contributed by atoms with van der Waals surface area (Å²) in [5.74, 6) is 2.03. The van der Waals surface area contributed by atoms with Crippen molar-refractivity contribution in [3.05, 3.63) is 60.7 Å². The number of aromatic amines is 1. The fourth-order valence-electron chi connectivity index (χ4n) is 4.71. The lowest BCUT2D eigenvalue weighted by atomic mass is 10.1. The SMILES string of the molecule is C[C@@H](c1ccnc(Nc2nc3ccc(-c4ccncn4)cc3[nH]2)c1)N1CCN(C(=O)C2CC2)CC1. The summed E-state index contributed by atoms with van der Waals surface area (Å²) < 4.78 is 0. The van der Waals surface area contributed by atoms with Crippen LogP contribution in [0.15, 0.2) is 55.1 Å². The van der Waals surface area contributed by atoms with Crippen LogP contribution in [0.1, 0.15) is 31.4 Å². The van der Waals surface area contributed by atoms with Crippen LogP contribution in [0.4, 0.5) is 11.8 Å². The molecule has 2 fully saturated rings. The summed E-state index contributed by atoms with van der Waals surface area (Å²) in [6.45, 7) is 5.62. The van der Waals surface area contributed by atoms with Crippen LogP contribution in [0.5, 0.6) is 0 Å². The summed E-state index contributed by atoms with van der Waals surface area (Å²) >= 11 is 0.